The molecule has 5 aromatic carbocycles. The number of fused-ring (bicyclic) bond motifs is 2. The van der Waals surface area contributed by atoms with E-state index in [4.69, 9.17) is 0 Å². The average molecular weight is 535 g/mol. The van der Waals surface area contributed by atoms with Crippen LogP contribution in [0.5, 0.6) is 5.06 Å². The summed E-state index contributed by atoms with van der Waals surface area (Å²) in [6.45, 7) is 0. The van der Waals surface area contributed by atoms with E-state index in [2.05, 4.69) is 58.4 Å². The van der Waals surface area contributed by atoms with E-state index in [1.807, 2.05) is 66.7 Å². The van der Waals surface area contributed by atoms with Crippen LogP contribution in [0.2, 0.25) is 0 Å². The number of benzene rings is 5. The van der Waals surface area contributed by atoms with Gasteiger partial charge in [-0.15, -0.1) is 0 Å². The molecular formula is C31H19BrO2S. The standard InChI is InChI=1S/C31H19BrO2S/c32-24-15-13-20(14-16-24)19-9-11-21(12-10-19)23-17-22-5-1-2-6-25(22)27(18-23)29-30(33)26-7-3-4-8-28(26)35-31(29)34/h1-18,34H. The second-order valence-electron chi connectivity index (χ2n) is 8.44. The first kappa shape index (κ1) is 21.8. The van der Waals surface area contributed by atoms with E-state index in [0.29, 0.717) is 10.9 Å². The zero-order valence-corrected chi connectivity index (χ0v) is 20.9. The molecule has 1 heterocycles. The van der Waals surface area contributed by atoms with Crippen LogP contribution < -0.4 is 5.43 Å². The Morgan fingerprint density at radius 3 is 1.91 bits per heavy atom. The van der Waals surface area contributed by atoms with Crippen LogP contribution >= 0.6 is 27.3 Å². The normalized spacial score (nSPS) is 11.2. The topological polar surface area (TPSA) is 37.3 Å². The van der Waals surface area contributed by atoms with E-state index < -0.39 is 0 Å². The fourth-order valence-corrected chi connectivity index (χ4v) is 5.74. The van der Waals surface area contributed by atoms with Crippen LogP contribution in [-0.4, -0.2) is 5.11 Å². The van der Waals surface area contributed by atoms with Gasteiger partial charge in [0, 0.05) is 14.6 Å². The summed E-state index contributed by atoms with van der Waals surface area (Å²) in [6.07, 6.45) is 0. The predicted octanol–water partition coefficient (Wildman–Crippen LogP) is 8.88. The van der Waals surface area contributed by atoms with Crippen molar-refractivity contribution in [3.63, 3.8) is 0 Å². The Bertz CT molecular complexity index is 1770. The van der Waals surface area contributed by atoms with Gasteiger partial charge in [0.1, 0.15) is 0 Å². The summed E-state index contributed by atoms with van der Waals surface area (Å²) in [6, 6.07) is 36.3. The lowest BCUT2D eigenvalue weighted by Gasteiger charge is -2.13. The van der Waals surface area contributed by atoms with Crippen molar-refractivity contribution in [3.05, 3.63) is 124 Å². The third-order valence-electron chi connectivity index (χ3n) is 6.31. The van der Waals surface area contributed by atoms with Crippen LogP contribution in [0.1, 0.15) is 0 Å². The molecule has 1 aromatic heterocycles. The highest BCUT2D eigenvalue weighted by molar-refractivity contribution is 9.10. The molecule has 4 heteroatoms. The number of hydrogen-bond donors (Lipinski definition) is 1. The molecule has 0 fully saturated rings. The molecule has 0 aliphatic rings. The second-order valence-corrected chi connectivity index (χ2v) is 10.4. The van der Waals surface area contributed by atoms with Gasteiger partial charge < -0.3 is 5.11 Å². The van der Waals surface area contributed by atoms with Crippen molar-refractivity contribution in [1.29, 1.82) is 0 Å². The van der Waals surface area contributed by atoms with Gasteiger partial charge in [0.2, 0.25) is 0 Å². The van der Waals surface area contributed by atoms with E-state index in [1.54, 1.807) is 0 Å². The zero-order chi connectivity index (χ0) is 23.9. The molecule has 0 unspecified atom stereocenters. The van der Waals surface area contributed by atoms with Crippen molar-refractivity contribution in [2.75, 3.05) is 0 Å². The van der Waals surface area contributed by atoms with Crippen molar-refractivity contribution >= 4 is 48.1 Å². The fourth-order valence-electron chi connectivity index (χ4n) is 4.55. The highest BCUT2D eigenvalue weighted by Crippen LogP contribution is 2.40. The molecule has 6 rings (SSSR count). The van der Waals surface area contributed by atoms with Gasteiger partial charge in [-0.2, -0.15) is 0 Å². The smallest absolute Gasteiger partial charge is 0.199 e. The van der Waals surface area contributed by atoms with Gasteiger partial charge in [0.15, 0.2) is 10.5 Å². The van der Waals surface area contributed by atoms with Crippen LogP contribution in [0.15, 0.2) is 118 Å². The summed E-state index contributed by atoms with van der Waals surface area (Å²) >= 11 is 4.73. The maximum atomic E-state index is 13.5. The van der Waals surface area contributed by atoms with E-state index in [9.17, 15) is 9.90 Å². The summed E-state index contributed by atoms with van der Waals surface area (Å²) in [7, 11) is 0. The van der Waals surface area contributed by atoms with E-state index in [0.717, 1.165) is 47.8 Å². The lowest BCUT2D eigenvalue weighted by molar-refractivity contribution is 0.492. The summed E-state index contributed by atoms with van der Waals surface area (Å²) in [5.41, 5.74) is 5.30. The highest BCUT2D eigenvalue weighted by Gasteiger charge is 2.17. The minimum atomic E-state index is -0.148. The molecule has 168 valence electrons. The van der Waals surface area contributed by atoms with Crippen LogP contribution in [0, 0.1) is 0 Å². The van der Waals surface area contributed by atoms with Crippen molar-refractivity contribution in [2.24, 2.45) is 0 Å². The lowest BCUT2D eigenvalue weighted by atomic mass is 9.92. The Morgan fingerprint density at radius 2 is 1.20 bits per heavy atom. The Labute approximate surface area is 214 Å². The second kappa shape index (κ2) is 8.81. The molecule has 0 atom stereocenters. The molecule has 2 nitrogen and oxygen atoms in total. The Kier molecular flexibility index (Phi) is 5.48. The summed E-state index contributed by atoms with van der Waals surface area (Å²) in [5, 5.41) is 13.6. The summed E-state index contributed by atoms with van der Waals surface area (Å²) < 4.78 is 1.83. The third kappa shape index (κ3) is 3.95. The molecular weight excluding hydrogens is 516 g/mol. The van der Waals surface area contributed by atoms with E-state index in [1.165, 1.54) is 11.3 Å². The molecule has 1 N–H and O–H groups in total. The molecule has 0 aliphatic heterocycles. The Morgan fingerprint density at radius 1 is 0.629 bits per heavy atom. The number of halogens is 1. The minimum Gasteiger partial charge on any atom is -0.499 e. The van der Waals surface area contributed by atoms with Gasteiger partial charge in [-0.1, -0.05) is 100 Å². The average Bonchev–Trinajstić information content (AvgIpc) is 2.89. The van der Waals surface area contributed by atoms with Crippen molar-refractivity contribution in [3.8, 4) is 38.4 Å². The van der Waals surface area contributed by atoms with Gasteiger partial charge in [0.25, 0.3) is 0 Å². The van der Waals surface area contributed by atoms with Gasteiger partial charge in [-0.25, -0.2) is 0 Å². The van der Waals surface area contributed by atoms with Crippen LogP contribution in [-0.2, 0) is 0 Å². The first-order chi connectivity index (χ1) is 17.1. The van der Waals surface area contributed by atoms with Crippen molar-refractivity contribution in [2.45, 2.75) is 0 Å². The van der Waals surface area contributed by atoms with Crippen LogP contribution in [0.4, 0.5) is 0 Å². The third-order valence-corrected chi connectivity index (χ3v) is 7.81. The SMILES string of the molecule is O=c1c(-c2cc(-c3ccc(-c4ccc(Br)cc4)cc3)cc3ccccc23)c(O)sc2ccccc12. The molecule has 0 saturated carbocycles. The van der Waals surface area contributed by atoms with Gasteiger partial charge in [-0.05, 0) is 75.0 Å². The van der Waals surface area contributed by atoms with Gasteiger partial charge >= 0.3 is 0 Å². The molecule has 0 radical (unpaired) electrons. The highest BCUT2D eigenvalue weighted by atomic mass is 79.9. The van der Waals surface area contributed by atoms with E-state index >= 15 is 0 Å². The van der Waals surface area contributed by atoms with Gasteiger partial charge in [-0.3, -0.25) is 4.79 Å². The molecule has 35 heavy (non-hydrogen) atoms. The molecule has 0 amide bonds. The first-order valence-corrected chi connectivity index (χ1v) is 12.8. The summed E-state index contributed by atoms with van der Waals surface area (Å²) in [4.78, 5) is 13.5. The number of hydrogen-bond acceptors (Lipinski definition) is 3. The Hall–Kier alpha value is -3.73. The van der Waals surface area contributed by atoms with E-state index in [-0.39, 0.29) is 10.5 Å². The predicted molar refractivity (Wildman–Crippen MR) is 151 cm³/mol. The number of rotatable bonds is 3. The minimum absolute atomic E-state index is 0.0431. The maximum absolute atomic E-state index is 13.5. The van der Waals surface area contributed by atoms with Gasteiger partial charge in [0.05, 0.1) is 5.56 Å². The largest absolute Gasteiger partial charge is 0.499 e. The first-order valence-electron chi connectivity index (χ1n) is 11.2. The molecule has 0 bridgehead atoms. The molecule has 6 aromatic rings. The van der Waals surface area contributed by atoms with Crippen LogP contribution in [0.3, 0.4) is 0 Å². The summed E-state index contributed by atoms with van der Waals surface area (Å²) in [5.74, 6) is 0. The van der Waals surface area contributed by atoms with Crippen LogP contribution in [0.25, 0.3) is 54.2 Å². The maximum Gasteiger partial charge on any atom is 0.199 e. The lowest BCUT2D eigenvalue weighted by Crippen LogP contribution is -2.05. The quantitative estimate of drug-likeness (QED) is 0.246. The zero-order valence-electron chi connectivity index (χ0n) is 18.5. The molecule has 0 spiro atoms. The molecule has 0 aliphatic carbocycles. The number of aromatic hydroxyl groups is 1. The monoisotopic (exact) mass is 534 g/mol. The fraction of sp³-hybridized carbons (Fsp3) is 0. The Balaban J connectivity index is 1.54. The van der Waals surface area contributed by atoms with Crippen molar-refractivity contribution in [1.82, 2.24) is 0 Å². The van der Waals surface area contributed by atoms with Crippen molar-refractivity contribution < 1.29 is 5.11 Å². The molecule has 0 saturated heterocycles.